The Labute approximate surface area is 149 Å². The van der Waals surface area contributed by atoms with Crippen molar-refractivity contribution in [3.05, 3.63) is 46.9 Å². The molecular formula is C17H12BrF3N2O2. The lowest BCUT2D eigenvalue weighted by Crippen LogP contribution is -2.41. The minimum absolute atomic E-state index is 0.112. The number of benzene rings is 2. The van der Waals surface area contributed by atoms with Crippen LogP contribution in [-0.4, -0.2) is 23.6 Å². The first-order chi connectivity index (χ1) is 11.8. The van der Waals surface area contributed by atoms with Gasteiger partial charge in [0.15, 0.2) is 5.58 Å². The molecule has 0 saturated heterocycles. The molecule has 0 saturated carbocycles. The van der Waals surface area contributed by atoms with Crippen LogP contribution in [0.15, 0.2) is 51.4 Å². The van der Waals surface area contributed by atoms with Gasteiger partial charge < -0.3 is 9.32 Å². The second-order valence-corrected chi connectivity index (χ2v) is 6.05. The number of aromatic nitrogens is 1. The Hall–Kier alpha value is -2.35. The van der Waals surface area contributed by atoms with Gasteiger partial charge in [-0.2, -0.15) is 13.2 Å². The third-order valence-electron chi connectivity index (χ3n) is 3.59. The van der Waals surface area contributed by atoms with Crippen LogP contribution in [0.1, 0.15) is 6.92 Å². The van der Waals surface area contributed by atoms with E-state index in [9.17, 15) is 18.0 Å². The Bertz CT molecular complexity index is 937. The summed E-state index contributed by atoms with van der Waals surface area (Å²) in [5, 5.41) is 0. The lowest BCUT2D eigenvalue weighted by Gasteiger charge is -2.21. The third kappa shape index (κ3) is 3.39. The summed E-state index contributed by atoms with van der Waals surface area (Å²) in [4.78, 5) is 16.5. The van der Waals surface area contributed by atoms with Gasteiger partial charge in [-0.1, -0.05) is 12.1 Å². The number of rotatable bonds is 3. The first kappa shape index (κ1) is 17.5. The highest BCUT2D eigenvalue weighted by molar-refractivity contribution is 9.10. The molecule has 130 valence electrons. The van der Waals surface area contributed by atoms with Gasteiger partial charge in [0.25, 0.3) is 0 Å². The molecule has 3 aromatic rings. The number of carbonyl (C=O) groups excluding carboxylic acids is 1. The minimum Gasteiger partial charge on any atom is -0.436 e. The topological polar surface area (TPSA) is 46.3 Å². The van der Waals surface area contributed by atoms with Gasteiger partial charge in [-0.15, -0.1) is 0 Å². The molecule has 0 bridgehead atoms. The first-order valence-corrected chi connectivity index (χ1v) is 8.14. The van der Waals surface area contributed by atoms with E-state index in [-0.39, 0.29) is 12.2 Å². The predicted molar refractivity (Wildman–Crippen MR) is 91.2 cm³/mol. The molecule has 1 heterocycles. The zero-order valence-corrected chi connectivity index (χ0v) is 14.6. The molecule has 0 unspecified atom stereocenters. The number of alkyl halides is 3. The largest absolute Gasteiger partial charge is 0.471 e. The summed E-state index contributed by atoms with van der Waals surface area (Å²) in [6, 6.07) is 11.6. The smallest absolute Gasteiger partial charge is 0.436 e. The Balaban J connectivity index is 2.03. The molecule has 25 heavy (non-hydrogen) atoms. The zero-order valence-electron chi connectivity index (χ0n) is 13.0. The predicted octanol–water partition coefficient (Wildman–Crippen LogP) is 5.17. The number of hydrogen-bond donors (Lipinski definition) is 0. The monoisotopic (exact) mass is 412 g/mol. The van der Waals surface area contributed by atoms with Gasteiger partial charge >= 0.3 is 12.1 Å². The van der Waals surface area contributed by atoms with Gasteiger partial charge in [0.05, 0.1) is 5.56 Å². The number of amides is 1. The number of fused-ring (bicyclic) bond motifs is 1. The van der Waals surface area contributed by atoms with E-state index in [4.69, 9.17) is 4.42 Å². The van der Waals surface area contributed by atoms with Crippen LogP contribution in [0.5, 0.6) is 0 Å². The van der Waals surface area contributed by atoms with Crippen LogP contribution in [0.2, 0.25) is 0 Å². The summed E-state index contributed by atoms with van der Waals surface area (Å²) < 4.78 is 44.6. The molecule has 0 fully saturated rings. The Morgan fingerprint density at radius 3 is 2.60 bits per heavy atom. The van der Waals surface area contributed by atoms with Gasteiger partial charge in [-0.3, -0.25) is 4.79 Å². The van der Waals surface area contributed by atoms with Crippen LogP contribution in [-0.2, 0) is 4.79 Å². The van der Waals surface area contributed by atoms with Gasteiger partial charge in [0.2, 0.25) is 5.89 Å². The maximum Gasteiger partial charge on any atom is 0.471 e. The molecule has 4 nitrogen and oxygen atoms in total. The van der Waals surface area contributed by atoms with Crippen LogP contribution < -0.4 is 4.90 Å². The van der Waals surface area contributed by atoms with Crippen LogP contribution in [0, 0.1) is 0 Å². The molecule has 0 spiro atoms. The fourth-order valence-corrected chi connectivity index (χ4v) is 2.88. The summed E-state index contributed by atoms with van der Waals surface area (Å²) in [7, 11) is 0. The lowest BCUT2D eigenvalue weighted by molar-refractivity contribution is -0.170. The highest BCUT2D eigenvalue weighted by atomic mass is 79.9. The molecule has 0 radical (unpaired) electrons. The standard InChI is InChI=1S/C17H12BrF3N2O2/c1-2-23(16(24)17(19,20)21)10-7-8-14-13(9-10)22-15(25-14)11-5-3-4-6-12(11)18/h3-9H,2H2,1H3. The van der Waals surface area contributed by atoms with E-state index in [0.717, 1.165) is 10.0 Å². The molecular weight excluding hydrogens is 401 g/mol. The first-order valence-electron chi connectivity index (χ1n) is 7.35. The number of oxazole rings is 1. The molecule has 0 N–H and O–H groups in total. The van der Waals surface area contributed by atoms with Gasteiger partial charge in [0, 0.05) is 16.7 Å². The van der Waals surface area contributed by atoms with Crippen molar-refractivity contribution >= 4 is 38.6 Å². The second-order valence-electron chi connectivity index (χ2n) is 5.20. The van der Waals surface area contributed by atoms with E-state index < -0.39 is 12.1 Å². The van der Waals surface area contributed by atoms with Gasteiger partial charge in [-0.25, -0.2) is 4.98 Å². The van der Waals surface area contributed by atoms with Crippen molar-refractivity contribution in [3.8, 4) is 11.5 Å². The lowest BCUT2D eigenvalue weighted by atomic mass is 10.2. The fourth-order valence-electron chi connectivity index (χ4n) is 2.43. The van der Waals surface area contributed by atoms with E-state index in [1.54, 1.807) is 6.07 Å². The van der Waals surface area contributed by atoms with Gasteiger partial charge in [0.1, 0.15) is 5.52 Å². The highest BCUT2D eigenvalue weighted by Crippen LogP contribution is 2.32. The highest BCUT2D eigenvalue weighted by Gasteiger charge is 2.42. The van der Waals surface area contributed by atoms with Crippen molar-refractivity contribution < 1.29 is 22.4 Å². The van der Waals surface area contributed by atoms with Gasteiger partial charge in [-0.05, 0) is 53.2 Å². The average Bonchev–Trinajstić information content (AvgIpc) is 2.98. The average molecular weight is 413 g/mol. The van der Waals surface area contributed by atoms with E-state index in [2.05, 4.69) is 20.9 Å². The number of halogens is 4. The SMILES string of the molecule is CCN(C(=O)C(F)(F)F)c1ccc2oc(-c3ccccc3Br)nc2c1. The molecule has 2 aromatic carbocycles. The fraction of sp³-hybridized carbons (Fsp3) is 0.176. The van der Waals surface area contributed by atoms with Crippen LogP contribution in [0.3, 0.4) is 0 Å². The Kier molecular flexibility index (Phi) is 4.55. The summed E-state index contributed by atoms with van der Waals surface area (Å²) in [6.45, 7) is 1.36. The maximum absolute atomic E-state index is 12.7. The number of anilines is 1. The van der Waals surface area contributed by atoms with E-state index in [0.29, 0.717) is 21.9 Å². The van der Waals surface area contributed by atoms with Crippen molar-refractivity contribution in [2.24, 2.45) is 0 Å². The molecule has 0 aliphatic carbocycles. The molecule has 3 rings (SSSR count). The quantitative estimate of drug-likeness (QED) is 0.595. The molecule has 1 aromatic heterocycles. The van der Waals surface area contributed by atoms with E-state index in [1.165, 1.54) is 25.1 Å². The summed E-state index contributed by atoms with van der Waals surface area (Å²) in [5.41, 5.74) is 1.63. The minimum atomic E-state index is -4.94. The van der Waals surface area contributed by atoms with E-state index in [1.807, 2.05) is 18.2 Å². The number of hydrogen-bond acceptors (Lipinski definition) is 3. The van der Waals surface area contributed by atoms with Crippen LogP contribution in [0.25, 0.3) is 22.6 Å². The molecule has 1 amide bonds. The van der Waals surface area contributed by atoms with Crippen molar-refractivity contribution in [2.75, 3.05) is 11.4 Å². The molecule has 8 heteroatoms. The van der Waals surface area contributed by atoms with E-state index >= 15 is 0 Å². The number of carbonyl (C=O) groups is 1. The summed E-state index contributed by atoms with van der Waals surface area (Å²) >= 11 is 3.40. The van der Waals surface area contributed by atoms with Crippen LogP contribution >= 0.6 is 15.9 Å². The van der Waals surface area contributed by atoms with Crippen molar-refractivity contribution in [2.45, 2.75) is 13.1 Å². The van der Waals surface area contributed by atoms with Crippen molar-refractivity contribution in [1.82, 2.24) is 4.98 Å². The zero-order chi connectivity index (χ0) is 18.2. The number of nitrogens with zero attached hydrogens (tertiary/aromatic N) is 2. The normalized spacial score (nSPS) is 11.7. The molecule has 0 atom stereocenters. The summed E-state index contributed by atoms with van der Waals surface area (Å²) in [6.07, 6.45) is -4.94. The molecule has 0 aliphatic heterocycles. The maximum atomic E-state index is 12.7. The Morgan fingerprint density at radius 2 is 1.96 bits per heavy atom. The molecule has 0 aliphatic rings. The van der Waals surface area contributed by atoms with Crippen molar-refractivity contribution in [3.63, 3.8) is 0 Å². The Morgan fingerprint density at radius 1 is 1.24 bits per heavy atom. The van der Waals surface area contributed by atoms with Crippen molar-refractivity contribution in [1.29, 1.82) is 0 Å². The third-order valence-corrected chi connectivity index (χ3v) is 4.28. The summed E-state index contributed by atoms with van der Waals surface area (Å²) in [5.74, 6) is -1.58. The van der Waals surface area contributed by atoms with Crippen LogP contribution in [0.4, 0.5) is 18.9 Å². The second kappa shape index (κ2) is 6.51.